The first-order valence-electron chi connectivity index (χ1n) is 3.62. The third-order valence-electron chi connectivity index (χ3n) is 1.43. The lowest BCUT2D eigenvalue weighted by atomic mass is 10.3. The van der Waals surface area contributed by atoms with Gasteiger partial charge in [0.15, 0.2) is 11.6 Å². The van der Waals surface area contributed by atoms with Crippen LogP contribution in [0.2, 0.25) is 0 Å². The maximum absolute atomic E-state index is 13.0. The molecule has 0 aliphatic rings. The Bertz CT molecular complexity index is 364. The second kappa shape index (κ2) is 4.42. The van der Waals surface area contributed by atoms with Crippen molar-refractivity contribution in [3.63, 3.8) is 0 Å². The molecule has 1 rings (SSSR count). The standard InChI is InChI=1S/C8H5F4IO2/c1-14-7-3-6(15-8(10,11)12)4(9)2-5(7)13/h2-3H,1H3. The van der Waals surface area contributed by atoms with E-state index in [1.165, 1.54) is 7.11 Å². The Kier molecular flexibility index (Phi) is 3.63. The molecule has 1 aromatic rings. The van der Waals surface area contributed by atoms with Crippen LogP contribution in [0.3, 0.4) is 0 Å². The normalized spacial score (nSPS) is 11.3. The molecule has 0 aliphatic heterocycles. The Labute approximate surface area is 96.3 Å². The second-order valence-corrected chi connectivity index (χ2v) is 3.63. The van der Waals surface area contributed by atoms with Gasteiger partial charge in [0.1, 0.15) is 5.75 Å². The quantitative estimate of drug-likeness (QED) is 0.609. The number of benzene rings is 1. The molecule has 0 N–H and O–H groups in total. The summed E-state index contributed by atoms with van der Waals surface area (Å²) in [4.78, 5) is 0. The van der Waals surface area contributed by atoms with Crippen LogP contribution in [0.15, 0.2) is 12.1 Å². The Balaban J connectivity index is 3.08. The number of ether oxygens (including phenoxy) is 2. The van der Waals surface area contributed by atoms with Crippen molar-refractivity contribution in [3.05, 3.63) is 21.5 Å². The molecule has 0 radical (unpaired) electrons. The first kappa shape index (κ1) is 12.3. The zero-order valence-corrected chi connectivity index (χ0v) is 9.52. The van der Waals surface area contributed by atoms with E-state index in [1.54, 1.807) is 22.6 Å². The molecule has 1 aromatic carbocycles. The van der Waals surface area contributed by atoms with Gasteiger partial charge in [-0.3, -0.25) is 0 Å². The van der Waals surface area contributed by atoms with E-state index in [1.807, 2.05) is 0 Å². The summed E-state index contributed by atoms with van der Waals surface area (Å²) >= 11 is 1.74. The first-order chi connectivity index (χ1) is 6.83. The molecule has 0 atom stereocenters. The van der Waals surface area contributed by atoms with Gasteiger partial charge in [-0.25, -0.2) is 4.39 Å². The molecule has 0 amide bonds. The molecule has 0 aliphatic carbocycles. The van der Waals surface area contributed by atoms with E-state index in [4.69, 9.17) is 4.74 Å². The average molecular weight is 336 g/mol. The predicted octanol–water partition coefficient (Wildman–Crippen LogP) is 3.34. The predicted molar refractivity (Wildman–Crippen MR) is 52.4 cm³/mol. The van der Waals surface area contributed by atoms with E-state index in [0.717, 1.165) is 12.1 Å². The lowest BCUT2D eigenvalue weighted by molar-refractivity contribution is -0.275. The van der Waals surface area contributed by atoms with Gasteiger partial charge in [-0.1, -0.05) is 0 Å². The SMILES string of the molecule is COc1cc(OC(F)(F)F)c(F)cc1I. The molecule has 0 saturated carbocycles. The highest BCUT2D eigenvalue weighted by Crippen LogP contribution is 2.32. The molecule has 15 heavy (non-hydrogen) atoms. The fraction of sp³-hybridized carbons (Fsp3) is 0.250. The number of rotatable bonds is 2. The summed E-state index contributed by atoms with van der Waals surface area (Å²) < 4.78 is 57.1. The third kappa shape index (κ3) is 3.40. The van der Waals surface area contributed by atoms with Gasteiger partial charge >= 0.3 is 6.36 Å². The van der Waals surface area contributed by atoms with Crippen LogP contribution in [0.5, 0.6) is 11.5 Å². The Morgan fingerprint density at radius 2 is 1.80 bits per heavy atom. The summed E-state index contributed by atoms with van der Waals surface area (Å²) in [5.74, 6) is -1.87. The second-order valence-electron chi connectivity index (χ2n) is 2.46. The molecular formula is C8H5F4IO2. The van der Waals surface area contributed by atoms with Gasteiger partial charge in [-0.15, -0.1) is 13.2 Å². The van der Waals surface area contributed by atoms with E-state index in [-0.39, 0.29) is 5.75 Å². The van der Waals surface area contributed by atoms with Crippen molar-refractivity contribution in [3.8, 4) is 11.5 Å². The van der Waals surface area contributed by atoms with Crippen LogP contribution in [0.4, 0.5) is 17.6 Å². The molecular weight excluding hydrogens is 331 g/mol. The summed E-state index contributed by atoms with van der Waals surface area (Å²) in [6, 6.07) is 1.76. The van der Waals surface area contributed by atoms with Crippen molar-refractivity contribution in [2.24, 2.45) is 0 Å². The van der Waals surface area contributed by atoms with E-state index >= 15 is 0 Å². The van der Waals surface area contributed by atoms with E-state index in [2.05, 4.69) is 4.74 Å². The van der Waals surface area contributed by atoms with Gasteiger partial charge in [0, 0.05) is 6.07 Å². The highest BCUT2D eigenvalue weighted by atomic mass is 127. The van der Waals surface area contributed by atoms with Crippen LogP contribution in [0.1, 0.15) is 0 Å². The average Bonchev–Trinajstić information content (AvgIpc) is 2.07. The Hall–Kier alpha value is -0.730. The summed E-state index contributed by atoms with van der Waals surface area (Å²) in [5, 5.41) is 0. The zero-order chi connectivity index (χ0) is 11.6. The van der Waals surface area contributed by atoms with Crippen LogP contribution < -0.4 is 9.47 Å². The Morgan fingerprint density at radius 1 is 1.20 bits per heavy atom. The van der Waals surface area contributed by atoms with Crippen LogP contribution in [-0.2, 0) is 0 Å². The topological polar surface area (TPSA) is 18.5 Å². The molecule has 2 nitrogen and oxygen atoms in total. The summed E-state index contributed by atoms with van der Waals surface area (Å²) in [5.41, 5.74) is 0. The maximum atomic E-state index is 13.0. The zero-order valence-electron chi connectivity index (χ0n) is 7.36. The molecule has 0 fully saturated rings. The molecule has 84 valence electrons. The van der Waals surface area contributed by atoms with E-state index < -0.39 is 17.9 Å². The highest BCUT2D eigenvalue weighted by molar-refractivity contribution is 14.1. The Morgan fingerprint density at radius 3 is 2.27 bits per heavy atom. The molecule has 0 spiro atoms. The number of halogens is 5. The lowest BCUT2D eigenvalue weighted by Crippen LogP contribution is -2.18. The van der Waals surface area contributed by atoms with Crippen molar-refractivity contribution in [2.45, 2.75) is 6.36 Å². The minimum atomic E-state index is -4.92. The summed E-state index contributed by atoms with van der Waals surface area (Å²) in [6.07, 6.45) is -4.92. The van der Waals surface area contributed by atoms with Crippen LogP contribution >= 0.6 is 22.6 Å². The largest absolute Gasteiger partial charge is 0.573 e. The fourth-order valence-corrected chi connectivity index (χ4v) is 1.52. The van der Waals surface area contributed by atoms with Crippen LogP contribution in [-0.4, -0.2) is 13.5 Å². The van der Waals surface area contributed by atoms with Crippen molar-refractivity contribution in [1.82, 2.24) is 0 Å². The number of alkyl halides is 3. The minimum Gasteiger partial charge on any atom is -0.496 e. The summed E-state index contributed by atoms with van der Waals surface area (Å²) in [6.45, 7) is 0. The van der Waals surface area contributed by atoms with Crippen molar-refractivity contribution >= 4 is 22.6 Å². The van der Waals surface area contributed by atoms with E-state index in [9.17, 15) is 17.6 Å². The fourth-order valence-electron chi connectivity index (χ4n) is 0.870. The monoisotopic (exact) mass is 336 g/mol. The molecule has 7 heteroatoms. The molecule has 0 unspecified atom stereocenters. The van der Waals surface area contributed by atoms with Crippen LogP contribution in [0, 0.1) is 9.39 Å². The van der Waals surface area contributed by atoms with Gasteiger partial charge < -0.3 is 9.47 Å². The number of hydrogen-bond donors (Lipinski definition) is 0. The summed E-state index contributed by atoms with van der Waals surface area (Å²) in [7, 11) is 1.27. The van der Waals surface area contributed by atoms with Crippen molar-refractivity contribution in [2.75, 3.05) is 7.11 Å². The number of hydrogen-bond acceptors (Lipinski definition) is 2. The first-order valence-corrected chi connectivity index (χ1v) is 4.70. The van der Waals surface area contributed by atoms with Gasteiger partial charge in [0.2, 0.25) is 0 Å². The molecule has 0 aromatic heterocycles. The lowest BCUT2D eigenvalue weighted by Gasteiger charge is -2.11. The molecule has 0 heterocycles. The molecule has 0 bridgehead atoms. The van der Waals surface area contributed by atoms with Gasteiger partial charge in [-0.2, -0.15) is 0 Å². The van der Waals surface area contributed by atoms with Gasteiger partial charge in [0.05, 0.1) is 10.7 Å². The van der Waals surface area contributed by atoms with Crippen LogP contribution in [0.25, 0.3) is 0 Å². The van der Waals surface area contributed by atoms with E-state index in [0.29, 0.717) is 3.57 Å². The van der Waals surface area contributed by atoms with Gasteiger partial charge in [-0.05, 0) is 28.7 Å². The number of methoxy groups -OCH3 is 1. The highest BCUT2D eigenvalue weighted by Gasteiger charge is 2.32. The van der Waals surface area contributed by atoms with Crippen molar-refractivity contribution in [1.29, 1.82) is 0 Å². The smallest absolute Gasteiger partial charge is 0.496 e. The maximum Gasteiger partial charge on any atom is 0.573 e. The van der Waals surface area contributed by atoms with Crippen molar-refractivity contribution < 1.29 is 27.0 Å². The minimum absolute atomic E-state index is 0.122. The van der Waals surface area contributed by atoms with Gasteiger partial charge in [0.25, 0.3) is 0 Å². The third-order valence-corrected chi connectivity index (χ3v) is 2.28. The molecule has 0 saturated heterocycles.